The minimum atomic E-state index is -6.05. The van der Waals surface area contributed by atoms with Crippen molar-refractivity contribution < 1.29 is 124 Å². The second-order valence-electron chi connectivity index (χ2n) is 7.96. The first-order valence-corrected chi connectivity index (χ1v) is 11.9. The molecule has 2 aromatic heterocycles. The Morgan fingerprint density at radius 2 is 1.81 bits per heavy atom. The van der Waals surface area contributed by atoms with Crippen LogP contribution in [0.25, 0.3) is 0 Å². The molecule has 0 aliphatic carbocycles. The van der Waals surface area contributed by atoms with E-state index in [0.717, 1.165) is 12.1 Å². The molecule has 1 amide bonds. The average molecular weight is 638 g/mol. The van der Waals surface area contributed by atoms with E-state index in [-0.39, 0.29) is 69.8 Å². The first-order chi connectivity index (χ1) is 23.9. The number of carbonyl (C=O) groups is 1. The fourth-order valence-corrected chi connectivity index (χ4v) is 3.31. The number of fused-ring (bicyclic) bond motifs is 1. The quantitative estimate of drug-likeness (QED) is 0.161. The standard InChI is InChI=1S/C23H26FN6O9P.2Na/c1-23(2)21(31)30(11-38-40(32,33)34)20-14(39-23)6-7-17(28-20)27-19-13(24)10-25-22(29-19)26-12-8-15(35-3)18(37-5)16(9-12)36-4;;/h6-10H,11H2,1-5H3,(H2,32,33,34)(H2,25,26,27,28,29);;/q;2*+1/p-2/i3D3,4D3,5D3,8D,9D,11D2;;. The molecular formula is C23H24FN6Na2O9P. The van der Waals surface area contributed by atoms with Gasteiger partial charge in [0.15, 0.2) is 40.3 Å². The summed E-state index contributed by atoms with van der Waals surface area (Å²) in [4.78, 5) is 47.2. The SMILES string of the molecule is [2H]c1c(Nc2ncc(F)c(Nc3ccc4c(n3)N(C([2H])([2H])OP(=O)([O-])[O-])C(=O)C(C)(C)O4)n2)c([2H])c(OC([2H])([2H])[2H])c(OC([2H])([2H])[2H])c1OC([2H])([2H])[2H].[Na+].[Na+]. The summed E-state index contributed by atoms with van der Waals surface area (Å²) in [7, 11) is -16.3. The molecule has 1 aliphatic heterocycles. The van der Waals surface area contributed by atoms with Crippen molar-refractivity contribution in [1.82, 2.24) is 15.0 Å². The Kier molecular flexibility index (Phi) is 7.13. The molecule has 4 rings (SSSR count). The van der Waals surface area contributed by atoms with Gasteiger partial charge in [-0.05, 0) is 26.0 Å². The first kappa shape index (κ1) is 20.7. The van der Waals surface area contributed by atoms with Crippen molar-refractivity contribution in [2.45, 2.75) is 19.4 Å². The van der Waals surface area contributed by atoms with Crippen LogP contribution in [0.2, 0.25) is 0 Å². The Morgan fingerprint density at radius 1 is 1.14 bits per heavy atom. The zero-order valence-corrected chi connectivity index (χ0v) is 26.9. The molecule has 0 saturated heterocycles. The number of halogens is 1. The maximum Gasteiger partial charge on any atom is 1.00 e. The van der Waals surface area contributed by atoms with Crippen molar-refractivity contribution in [2.75, 3.05) is 43.3 Å². The number of hydrogen-bond donors (Lipinski definition) is 2. The van der Waals surface area contributed by atoms with Gasteiger partial charge in [-0.2, -0.15) is 4.98 Å². The second-order valence-corrected chi connectivity index (χ2v) is 9.04. The number of carbonyl (C=O) groups excluding carboxylic acids is 1. The third-order valence-electron chi connectivity index (χ3n) is 4.80. The number of benzene rings is 1. The van der Waals surface area contributed by atoms with E-state index in [1.807, 2.05) is 0 Å². The summed E-state index contributed by atoms with van der Waals surface area (Å²) in [5, 5.41) is 4.64. The van der Waals surface area contributed by atoms with Gasteiger partial charge in [-0.1, -0.05) is 0 Å². The number of pyridine rings is 1. The van der Waals surface area contributed by atoms with Crippen LogP contribution in [0.15, 0.2) is 30.4 Å². The predicted octanol–water partition coefficient (Wildman–Crippen LogP) is -4.16. The maximum absolute atomic E-state index is 15.0. The third-order valence-corrected chi connectivity index (χ3v) is 5.11. The molecule has 0 fully saturated rings. The average Bonchev–Trinajstić information content (AvgIpc) is 2.94. The van der Waals surface area contributed by atoms with Gasteiger partial charge in [0.2, 0.25) is 11.7 Å². The predicted molar refractivity (Wildman–Crippen MR) is 135 cm³/mol. The molecule has 42 heavy (non-hydrogen) atoms. The topological polar surface area (TPSA) is 192 Å². The summed E-state index contributed by atoms with van der Waals surface area (Å²) < 4.78 is 150. The van der Waals surface area contributed by atoms with Gasteiger partial charge in [-0.25, -0.2) is 14.4 Å². The third kappa shape index (κ3) is 8.23. The molecule has 214 valence electrons. The van der Waals surface area contributed by atoms with Crippen molar-refractivity contribution in [1.29, 1.82) is 0 Å². The second kappa shape index (κ2) is 14.5. The van der Waals surface area contributed by atoms with Crippen LogP contribution in [0.4, 0.5) is 33.5 Å². The molecule has 19 heteroatoms. The number of nitrogens with zero attached hydrogens (tertiary/aromatic N) is 4. The minimum absolute atomic E-state index is 0. The van der Waals surface area contributed by atoms with E-state index in [0.29, 0.717) is 6.20 Å². The molecule has 0 radical (unpaired) electrons. The summed E-state index contributed by atoms with van der Waals surface area (Å²) >= 11 is 0. The summed E-state index contributed by atoms with van der Waals surface area (Å²) in [5.74, 6) is -9.05. The zero-order chi connectivity index (χ0) is 40.3. The maximum atomic E-state index is 15.0. The van der Waals surface area contributed by atoms with Crippen LogP contribution in [0.3, 0.4) is 0 Å². The van der Waals surface area contributed by atoms with Gasteiger partial charge < -0.3 is 48.5 Å². The van der Waals surface area contributed by atoms with Crippen LogP contribution < -0.4 is 103 Å². The van der Waals surface area contributed by atoms with Gasteiger partial charge in [0.25, 0.3) is 5.91 Å². The van der Waals surface area contributed by atoms with E-state index in [4.69, 9.17) is 36.8 Å². The fraction of sp³-hybridized carbons (Fsp3) is 0.304. The largest absolute Gasteiger partial charge is 1.00 e. The van der Waals surface area contributed by atoms with E-state index in [1.165, 1.54) is 13.8 Å². The van der Waals surface area contributed by atoms with Gasteiger partial charge in [0, 0.05) is 17.8 Å². The Labute approximate surface area is 302 Å². The van der Waals surface area contributed by atoms with Crippen molar-refractivity contribution in [3.8, 4) is 23.0 Å². The van der Waals surface area contributed by atoms with Crippen molar-refractivity contribution in [3.63, 3.8) is 0 Å². The van der Waals surface area contributed by atoms with Crippen LogP contribution in [-0.4, -0.2) is 54.3 Å². The number of phosphoric acid groups is 1. The number of hydrogen-bond acceptors (Lipinski definition) is 14. The van der Waals surface area contributed by atoms with Crippen molar-refractivity contribution >= 4 is 42.8 Å². The Hall–Kier alpha value is -2.24. The number of nitrogens with one attached hydrogen (secondary N) is 2. The van der Waals surface area contributed by atoms with Gasteiger partial charge in [0.05, 0.1) is 53.0 Å². The minimum Gasteiger partial charge on any atom is -0.790 e. The van der Waals surface area contributed by atoms with E-state index in [2.05, 4.69) is 30.1 Å². The Bertz CT molecular complexity index is 1950. The molecule has 1 aromatic carbocycles. The first-order valence-electron chi connectivity index (χ1n) is 17.0. The number of methoxy groups -OCH3 is 3. The van der Waals surface area contributed by atoms with Crippen LogP contribution in [-0.2, 0) is 13.9 Å². The van der Waals surface area contributed by atoms with E-state index < -0.39 is 111 Å². The molecule has 15 nitrogen and oxygen atoms in total. The van der Waals surface area contributed by atoms with Crippen molar-refractivity contribution in [3.05, 3.63) is 36.2 Å². The molecule has 0 saturated carbocycles. The monoisotopic (exact) mass is 637 g/mol. The Balaban J connectivity index is 0.00000523. The van der Waals surface area contributed by atoms with E-state index in [1.54, 1.807) is 0 Å². The van der Waals surface area contributed by atoms with Crippen LogP contribution in [0.1, 0.15) is 31.7 Å². The number of phosphoric ester groups is 1. The molecule has 0 bridgehead atoms. The van der Waals surface area contributed by atoms with Crippen LogP contribution >= 0.6 is 7.82 Å². The van der Waals surface area contributed by atoms with Crippen molar-refractivity contribution in [2.24, 2.45) is 0 Å². The number of amides is 1. The molecule has 1 aliphatic rings. The molecule has 0 unspecified atom stereocenters. The van der Waals surface area contributed by atoms with Gasteiger partial charge in [0.1, 0.15) is 12.5 Å². The number of anilines is 5. The van der Waals surface area contributed by atoms with E-state index in [9.17, 15) is 23.5 Å². The number of rotatable bonds is 10. The molecule has 2 N–H and O–H groups in total. The van der Waals surface area contributed by atoms with Crippen LogP contribution in [0, 0.1) is 5.82 Å². The van der Waals surface area contributed by atoms with Gasteiger partial charge in [-0.3, -0.25) is 9.69 Å². The summed E-state index contributed by atoms with van der Waals surface area (Å²) in [6.45, 7) is -1.24. The summed E-state index contributed by atoms with van der Waals surface area (Å²) in [5.41, 5.74) is -2.68. The molecular weight excluding hydrogens is 600 g/mol. The van der Waals surface area contributed by atoms with Crippen LogP contribution in [0.5, 0.6) is 23.0 Å². The normalized spacial score (nSPS) is 19.3. The fourth-order valence-electron chi connectivity index (χ4n) is 3.13. The smallest absolute Gasteiger partial charge is 0.790 e. The Morgan fingerprint density at radius 3 is 2.43 bits per heavy atom. The molecule has 0 spiro atoms. The molecule has 0 atom stereocenters. The number of aromatic nitrogens is 3. The summed E-state index contributed by atoms with van der Waals surface area (Å²) in [6.07, 6.45) is 0.531. The zero-order valence-electron chi connectivity index (χ0n) is 35.0. The van der Waals surface area contributed by atoms with Gasteiger partial charge >= 0.3 is 59.1 Å². The van der Waals surface area contributed by atoms with E-state index >= 15 is 0 Å². The summed E-state index contributed by atoms with van der Waals surface area (Å²) in [6, 6.07) is 0.0120. The molecule has 3 aromatic rings. The van der Waals surface area contributed by atoms with Gasteiger partial charge in [-0.15, -0.1) is 0 Å². The molecule has 3 heterocycles. The number of ether oxygens (including phenoxy) is 4.